The second kappa shape index (κ2) is 5.53. The molecule has 0 fully saturated rings. The van der Waals surface area contributed by atoms with Gasteiger partial charge in [-0.15, -0.1) is 0 Å². The van der Waals surface area contributed by atoms with Crippen LogP contribution in [0.4, 0.5) is 0 Å². The molecule has 21 heavy (non-hydrogen) atoms. The highest BCUT2D eigenvalue weighted by Gasteiger charge is 2.16. The minimum atomic E-state index is 0.308. The van der Waals surface area contributed by atoms with Crippen molar-refractivity contribution in [1.82, 2.24) is 0 Å². The number of nitrogens with two attached hydrogens (primary N) is 1. The molecule has 2 nitrogen and oxygen atoms in total. The first kappa shape index (κ1) is 14.2. The standard InChI is InChI=1S/C19H23NO/c1-19(2,11-12-20)10-9-14-7-8-18-16(13-14)15-5-3-4-6-17(15)21-18/h3-8,13H,9-12,20H2,1-2H3. The molecule has 1 aromatic heterocycles. The molecule has 0 unspecified atom stereocenters. The number of aryl methyl sites for hydroxylation is 1. The highest BCUT2D eigenvalue weighted by Crippen LogP contribution is 2.31. The normalized spacial score (nSPS) is 12.3. The van der Waals surface area contributed by atoms with Crippen LogP contribution in [-0.4, -0.2) is 6.54 Å². The van der Waals surface area contributed by atoms with Crippen LogP contribution in [0.25, 0.3) is 21.9 Å². The van der Waals surface area contributed by atoms with E-state index in [0.717, 1.165) is 37.0 Å². The molecule has 2 N–H and O–H groups in total. The number of furan rings is 1. The van der Waals surface area contributed by atoms with Gasteiger partial charge in [-0.1, -0.05) is 38.1 Å². The van der Waals surface area contributed by atoms with Gasteiger partial charge in [0, 0.05) is 10.8 Å². The van der Waals surface area contributed by atoms with E-state index >= 15 is 0 Å². The number of hydrogen-bond donors (Lipinski definition) is 1. The maximum absolute atomic E-state index is 5.87. The van der Waals surface area contributed by atoms with Gasteiger partial charge >= 0.3 is 0 Å². The van der Waals surface area contributed by atoms with Crippen molar-refractivity contribution in [2.45, 2.75) is 33.1 Å². The summed E-state index contributed by atoms with van der Waals surface area (Å²) in [6, 6.07) is 14.8. The average Bonchev–Trinajstić information content (AvgIpc) is 2.83. The molecule has 3 rings (SSSR count). The van der Waals surface area contributed by atoms with Gasteiger partial charge in [0.1, 0.15) is 11.2 Å². The van der Waals surface area contributed by atoms with Crippen molar-refractivity contribution in [1.29, 1.82) is 0 Å². The number of rotatable bonds is 5. The molecule has 2 heteroatoms. The van der Waals surface area contributed by atoms with Gasteiger partial charge in [-0.2, -0.15) is 0 Å². The summed E-state index contributed by atoms with van der Waals surface area (Å²) in [6.07, 6.45) is 3.32. The van der Waals surface area contributed by atoms with E-state index in [1.165, 1.54) is 16.3 Å². The second-order valence-corrected chi connectivity index (χ2v) is 6.63. The molecule has 0 saturated carbocycles. The van der Waals surface area contributed by atoms with Gasteiger partial charge in [0.25, 0.3) is 0 Å². The van der Waals surface area contributed by atoms with E-state index in [1.54, 1.807) is 0 Å². The number of hydrogen-bond acceptors (Lipinski definition) is 2. The summed E-state index contributed by atoms with van der Waals surface area (Å²) in [5.41, 5.74) is 9.32. The molecule has 0 bridgehead atoms. The Kier molecular flexibility index (Phi) is 3.73. The van der Waals surface area contributed by atoms with Gasteiger partial charge in [0.05, 0.1) is 0 Å². The minimum Gasteiger partial charge on any atom is -0.456 e. The number of fused-ring (bicyclic) bond motifs is 3. The fourth-order valence-electron chi connectivity index (χ4n) is 2.93. The van der Waals surface area contributed by atoms with Crippen LogP contribution in [0, 0.1) is 5.41 Å². The van der Waals surface area contributed by atoms with Gasteiger partial charge in [-0.05, 0) is 55.0 Å². The maximum atomic E-state index is 5.87. The van der Waals surface area contributed by atoms with Crippen LogP contribution in [0.2, 0.25) is 0 Å². The largest absolute Gasteiger partial charge is 0.456 e. The molecule has 0 amide bonds. The third-order valence-corrected chi connectivity index (χ3v) is 4.35. The van der Waals surface area contributed by atoms with Crippen molar-refractivity contribution in [3.63, 3.8) is 0 Å². The summed E-state index contributed by atoms with van der Waals surface area (Å²) in [5, 5.41) is 2.43. The summed E-state index contributed by atoms with van der Waals surface area (Å²) in [4.78, 5) is 0. The lowest BCUT2D eigenvalue weighted by Gasteiger charge is -2.23. The van der Waals surface area contributed by atoms with Crippen molar-refractivity contribution >= 4 is 21.9 Å². The Morgan fingerprint density at radius 2 is 1.71 bits per heavy atom. The van der Waals surface area contributed by atoms with E-state index in [2.05, 4.69) is 44.2 Å². The van der Waals surface area contributed by atoms with Crippen molar-refractivity contribution in [3.8, 4) is 0 Å². The zero-order chi connectivity index (χ0) is 14.9. The van der Waals surface area contributed by atoms with Gasteiger partial charge in [0.2, 0.25) is 0 Å². The Hall–Kier alpha value is -1.80. The van der Waals surface area contributed by atoms with E-state index < -0.39 is 0 Å². The number of para-hydroxylation sites is 1. The summed E-state index contributed by atoms with van der Waals surface area (Å²) >= 11 is 0. The Balaban J connectivity index is 1.88. The predicted molar refractivity (Wildman–Crippen MR) is 89.5 cm³/mol. The summed E-state index contributed by atoms with van der Waals surface area (Å²) in [6.45, 7) is 5.36. The monoisotopic (exact) mass is 281 g/mol. The van der Waals surface area contributed by atoms with Crippen molar-refractivity contribution in [3.05, 3.63) is 48.0 Å². The molecule has 0 aliphatic rings. The van der Waals surface area contributed by atoms with Crippen LogP contribution < -0.4 is 5.73 Å². The van der Waals surface area contributed by atoms with Gasteiger partial charge in [0.15, 0.2) is 0 Å². The minimum absolute atomic E-state index is 0.308. The molecule has 110 valence electrons. The first-order chi connectivity index (χ1) is 10.1. The highest BCUT2D eigenvalue weighted by atomic mass is 16.3. The lowest BCUT2D eigenvalue weighted by atomic mass is 9.83. The van der Waals surface area contributed by atoms with E-state index in [0.29, 0.717) is 5.41 Å². The molecule has 0 saturated heterocycles. The van der Waals surface area contributed by atoms with Crippen LogP contribution in [0.1, 0.15) is 32.3 Å². The molecule has 1 heterocycles. The molecule has 0 aliphatic carbocycles. The van der Waals surface area contributed by atoms with Crippen LogP contribution in [0.5, 0.6) is 0 Å². The first-order valence-electron chi connectivity index (χ1n) is 7.69. The Labute approximate surface area is 125 Å². The second-order valence-electron chi connectivity index (χ2n) is 6.63. The lowest BCUT2D eigenvalue weighted by molar-refractivity contribution is 0.313. The maximum Gasteiger partial charge on any atom is 0.135 e. The third-order valence-electron chi connectivity index (χ3n) is 4.35. The van der Waals surface area contributed by atoms with E-state index in [1.807, 2.05) is 12.1 Å². The molecule has 0 radical (unpaired) electrons. The number of benzene rings is 2. The molecular formula is C19H23NO. The van der Waals surface area contributed by atoms with Gasteiger partial charge in [-0.25, -0.2) is 0 Å². The fourth-order valence-corrected chi connectivity index (χ4v) is 2.93. The Morgan fingerprint density at radius 3 is 2.52 bits per heavy atom. The Bertz CT molecular complexity index is 754. The van der Waals surface area contributed by atoms with E-state index in [9.17, 15) is 0 Å². The summed E-state index contributed by atoms with van der Waals surface area (Å²) < 4.78 is 5.87. The molecule has 2 aromatic carbocycles. The van der Waals surface area contributed by atoms with Crippen LogP contribution in [0.15, 0.2) is 46.9 Å². The lowest BCUT2D eigenvalue weighted by Crippen LogP contribution is -2.17. The SMILES string of the molecule is CC(C)(CCN)CCc1ccc2oc3ccccc3c2c1. The molecule has 0 atom stereocenters. The molecule has 0 spiro atoms. The molecular weight excluding hydrogens is 258 g/mol. The summed E-state index contributed by atoms with van der Waals surface area (Å²) in [7, 11) is 0. The van der Waals surface area contributed by atoms with E-state index in [4.69, 9.17) is 10.2 Å². The van der Waals surface area contributed by atoms with E-state index in [-0.39, 0.29) is 0 Å². The highest BCUT2D eigenvalue weighted by molar-refractivity contribution is 6.04. The van der Waals surface area contributed by atoms with Gasteiger partial charge in [-0.3, -0.25) is 0 Å². The zero-order valence-corrected chi connectivity index (χ0v) is 12.9. The third kappa shape index (κ3) is 2.96. The topological polar surface area (TPSA) is 39.2 Å². The molecule has 3 aromatic rings. The zero-order valence-electron chi connectivity index (χ0n) is 12.9. The quantitative estimate of drug-likeness (QED) is 0.723. The first-order valence-corrected chi connectivity index (χ1v) is 7.69. The predicted octanol–water partition coefficient (Wildman–Crippen LogP) is 4.89. The Morgan fingerprint density at radius 1 is 0.952 bits per heavy atom. The van der Waals surface area contributed by atoms with Crippen molar-refractivity contribution < 1.29 is 4.42 Å². The average molecular weight is 281 g/mol. The smallest absolute Gasteiger partial charge is 0.135 e. The fraction of sp³-hybridized carbons (Fsp3) is 0.368. The summed E-state index contributed by atoms with van der Waals surface area (Å²) in [5.74, 6) is 0. The van der Waals surface area contributed by atoms with Gasteiger partial charge < -0.3 is 10.2 Å². The van der Waals surface area contributed by atoms with Crippen LogP contribution in [-0.2, 0) is 6.42 Å². The van der Waals surface area contributed by atoms with Crippen molar-refractivity contribution in [2.75, 3.05) is 6.54 Å². The molecule has 0 aliphatic heterocycles. The van der Waals surface area contributed by atoms with Crippen molar-refractivity contribution in [2.24, 2.45) is 11.1 Å². The van der Waals surface area contributed by atoms with Crippen LogP contribution >= 0.6 is 0 Å². The van der Waals surface area contributed by atoms with Crippen LogP contribution in [0.3, 0.4) is 0 Å².